The minimum absolute atomic E-state index is 0.0339. The molecule has 1 fully saturated rings. The number of hydrogen-bond donors (Lipinski definition) is 2. The van der Waals surface area contributed by atoms with Gasteiger partial charge in [0, 0.05) is 31.3 Å². The van der Waals surface area contributed by atoms with Gasteiger partial charge in [-0.05, 0) is 51.3 Å². The molecule has 1 aliphatic heterocycles. The number of carbonyl (C=O) groups is 1. The van der Waals surface area contributed by atoms with Crippen LogP contribution in [0.2, 0.25) is 0 Å². The monoisotopic (exact) mass is 348 g/mol. The van der Waals surface area contributed by atoms with E-state index in [0.717, 1.165) is 19.4 Å². The summed E-state index contributed by atoms with van der Waals surface area (Å²) in [6, 6.07) is 6.73. The quantitative estimate of drug-likeness (QED) is 0.429. The first-order valence-corrected chi connectivity index (χ1v) is 9.05. The highest BCUT2D eigenvalue weighted by molar-refractivity contribution is 5.73. The predicted octanol–water partition coefficient (Wildman–Crippen LogP) is 3.05. The van der Waals surface area contributed by atoms with E-state index in [0.29, 0.717) is 18.2 Å². The van der Waals surface area contributed by atoms with Gasteiger partial charge in [0.25, 0.3) is 5.69 Å². The zero-order valence-electron chi connectivity index (χ0n) is 14.9. The van der Waals surface area contributed by atoms with E-state index in [2.05, 4.69) is 22.5 Å². The molecule has 1 saturated heterocycles. The second-order valence-corrected chi connectivity index (χ2v) is 6.62. The summed E-state index contributed by atoms with van der Waals surface area (Å²) >= 11 is 0. The van der Waals surface area contributed by atoms with E-state index in [1.165, 1.54) is 37.9 Å². The third-order valence-corrected chi connectivity index (χ3v) is 4.67. The Balaban J connectivity index is 1.58. The Morgan fingerprint density at radius 1 is 1.32 bits per heavy atom. The SMILES string of the molecule is CC1CCCCN1CCCCNC(=O)NCc1cccc([N+](=O)[O-])c1. The van der Waals surface area contributed by atoms with Gasteiger partial charge in [-0.1, -0.05) is 18.6 Å². The topological polar surface area (TPSA) is 87.5 Å². The van der Waals surface area contributed by atoms with Crippen molar-refractivity contribution < 1.29 is 9.72 Å². The fourth-order valence-electron chi connectivity index (χ4n) is 3.16. The molecule has 25 heavy (non-hydrogen) atoms. The average Bonchev–Trinajstić information content (AvgIpc) is 2.61. The Morgan fingerprint density at radius 3 is 2.92 bits per heavy atom. The van der Waals surface area contributed by atoms with E-state index >= 15 is 0 Å². The van der Waals surface area contributed by atoms with Gasteiger partial charge in [0.1, 0.15) is 0 Å². The Morgan fingerprint density at radius 2 is 2.16 bits per heavy atom. The third-order valence-electron chi connectivity index (χ3n) is 4.67. The van der Waals surface area contributed by atoms with Gasteiger partial charge < -0.3 is 15.5 Å². The maximum Gasteiger partial charge on any atom is 0.315 e. The standard InChI is InChI=1S/C18H28N4O3/c1-15-7-2-4-11-21(15)12-5-3-10-19-18(23)20-14-16-8-6-9-17(13-16)22(24)25/h6,8-9,13,15H,2-5,7,10-12,14H2,1H3,(H2,19,20,23). The van der Waals surface area contributed by atoms with Crippen LogP contribution >= 0.6 is 0 Å². The molecule has 2 amide bonds. The Hall–Kier alpha value is -2.15. The number of nitro groups is 1. The molecular formula is C18H28N4O3. The van der Waals surface area contributed by atoms with Crippen LogP contribution in [0.15, 0.2) is 24.3 Å². The van der Waals surface area contributed by atoms with Gasteiger partial charge in [-0.25, -0.2) is 4.79 Å². The minimum atomic E-state index is -0.438. The predicted molar refractivity (Wildman–Crippen MR) is 97.5 cm³/mol. The van der Waals surface area contributed by atoms with E-state index in [1.54, 1.807) is 12.1 Å². The van der Waals surface area contributed by atoms with Crippen LogP contribution in [-0.4, -0.2) is 41.5 Å². The summed E-state index contributed by atoms with van der Waals surface area (Å²) in [7, 11) is 0. The maximum absolute atomic E-state index is 11.8. The van der Waals surface area contributed by atoms with Gasteiger partial charge >= 0.3 is 6.03 Å². The molecule has 0 radical (unpaired) electrons. The van der Waals surface area contributed by atoms with Crippen LogP contribution in [0.4, 0.5) is 10.5 Å². The lowest BCUT2D eigenvalue weighted by Gasteiger charge is -2.33. The summed E-state index contributed by atoms with van der Waals surface area (Å²) in [5.41, 5.74) is 0.745. The summed E-state index contributed by atoms with van der Waals surface area (Å²) in [6.07, 6.45) is 5.95. The van der Waals surface area contributed by atoms with Gasteiger partial charge in [0.05, 0.1) is 4.92 Å². The summed E-state index contributed by atoms with van der Waals surface area (Å²) in [4.78, 5) is 24.6. The van der Waals surface area contributed by atoms with Gasteiger partial charge in [0.2, 0.25) is 0 Å². The van der Waals surface area contributed by atoms with Gasteiger partial charge in [-0.3, -0.25) is 10.1 Å². The van der Waals surface area contributed by atoms with Crippen molar-refractivity contribution in [3.63, 3.8) is 0 Å². The van der Waals surface area contributed by atoms with Crippen LogP contribution in [0.3, 0.4) is 0 Å². The van der Waals surface area contributed by atoms with Crippen molar-refractivity contribution in [2.75, 3.05) is 19.6 Å². The molecule has 0 aromatic heterocycles. The minimum Gasteiger partial charge on any atom is -0.338 e. The highest BCUT2D eigenvalue weighted by atomic mass is 16.6. The molecule has 1 aliphatic rings. The van der Waals surface area contributed by atoms with Crippen molar-refractivity contribution in [2.45, 2.75) is 51.6 Å². The molecule has 0 bridgehead atoms. The van der Waals surface area contributed by atoms with Crippen molar-refractivity contribution in [1.29, 1.82) is 0 Å². The second kappa shape index (κ2) is 9.98. The van der Waals surface area contributed by atoms with Crippen LogP contribution in [0, 0.1) is 10.1 Å². The summed E-state index contributed by atoms with van der Waals surface area (Å²) in [5, 5.41) is 16.3. The number of amides is 2. The number of urea groups is 1. The van der Waals surface area contributed by atoms with Crippen LogP contribution in [0.5, 0.6) is 0 Å². The van der Waals surface area contributed by atoms with Crippen molar-refractivity contribution in [2.24, 2.45) is 0 Å². The molecule has 1 aromatic carbocycles. The highest BCUT2D eigenvalue weighted by Gasteiger charge is 2.17. The van der Waals surface area contributed by atoms with Gasteiger partial charge in [-0.2, -0.15) is 0 Å². The number of hydrogen-bond acceptors (Lipinski definition) is 4. The third kappa shape index (κ3) is 6.70. The Labute approximate surface area is 148 Å². The first-order valence-electron chi connectivity index (χ1n) is 9.05. The number of benzene rings is 1. The number of nitrogens with zero attached hydrogens (tertiary/aromatic N) is 2. The molecule has 1 heterocycles. The van der Waals surface area contributed by atoms with Crippen LogP contribution in [0.25, 0.3) is 0 Å². The fourth-order valence-corrected chi connectivity index (χ4v) is 3.16. The van der Waals surface area contributed by atoms with Crippen molar-refractivity contribution in [1.82, 2.24) is 15.5 Å². The molecule has 1 atom stereocenters. The fraction of sp³-hybridized carbons (Fsp3) is 0.611. The molecule has 0 saturated carbocycles. The average molecular weight is 348 g/mol. The first kappa shape index (κ1) is 19.2. The molecule has 2 rings (SSSR count). The van der Waals surface area contributed by atoms with E-state index in [4.69, 9.17) is 0 Å². The van der Waals surface area contributed by atoms with Gasteiger partial charge in [0.15, 0.2) is 0 Å². The zero-order valence-corrected chi connectivity index (χ0v) is 14.9. The van der Waals surface area contributed by atoms with Gasteiger partial charge in [-0.15, -0.1) is 0 Å². The Bertz CT molecular complexity index is 579. The molecule has 0 spiro atoms. The lowest BCUT2D eigenvalue weighted by atomic mass is 10.0. The normalized spacial score (nSPS) is 17.9. The van der Waals surface area contributed by atoms with Crippen LogP contribution in [0.1, 0.15) is 44.6 Å². The molecule has 1 aromatic rings. The number of rotatable bonds is 8. The number of likely N-dealkylation sites (tertiary alicyclic amines) is 1. The van der Waals surface area contributed by atoms with Crippen LogP contribution in [-0.2, 0) is 6.54 Å². The summed E-state index contributed by atoms with van der Waals surface area (Å²) in [5.74, 6) is 0. The van der Waals surface area contributed by atoms with Crippen molar-refractivity contribution >= 4 is 11.7 Å². The first-order chi connectivity index (χ1) is 12.1. The van der Waals surface area contributed by atoms with E-state index in [9.17, 15) is 14.9 Å². The number of unbranched alkanes of at least 4 members (excludes halogenated alkanes) is 1. The van der Waals surface area contributed by atoms with E-state index in [-0.39, 0.29) is 18.3 Å². The molecule has 138 valence electrons. The lowest BCUT2D eigenvalue weighted by Crippen LogP contribution is -2.38. The van der Waals surface area contributed by atoms with E-state index in [1.807, 2.05) is 0 Å². The zero-order chi connectivity index (χ0) is 18.1. The largest absolute Gasteiger partial charge is 0.338 e. The highest BCUT2D eigenvalue weighted by Crippen LogP contribution is 2.16. The number of piperidine rings is 1. The lowest BCUT2D eigenvalue weighted by molar-refractivity contribution is -0.384. The second-order valence-electron chi connectivity index (χ2n) is 6.62. The number of nitro benzene ring substituents is 1. The molecule has 1 unspecified atom stereocenters. The Kier molecular flexibility index (Phi) is 7.66. The van der Waals surface area contributed by atoms with Crippen LogP contribution < -0.4 is 10.6 Å². The van der Waals surface area contributed by atoms with Crippen molar-refractivity contribution in [3.05, 3.63) is 39.9 Å². The molecular weight excluding hydrogens is 320 g/mol. The smallest absolute Gasteiger partial charge is 0.315 e. The molecule has 2 N–H and O–H groups in total. The summed E-state index contributed by atoms with van der Waals surface area (Å²) < 4.78 is 0. The summed E-state index contributed by atoms with van der Waals surface area (Å²) in [6.45, 7) is 5.50. The maximum atomic E-state index is 11.8. The molecule has 7 heteroatoms. The number of non-ortho nitro benzene ring substituents is 1. The van der Waals surface area contributed by atoms with E-state index < -0.39 is 4.92 Å². The number of nitrogens with one attached hydrogen (secondary N) is 2. The number of carbonyl (C=O) groups excluding carboxylic acids is 1. The van der Waals surface area contributed by atoms with Crippen molar-refractivity contribution in [3.8, 4) is 0 Å². The molecule has 7 nitrogen and oxygen atoms in total. The molecule has 0 aliphatic carbocycles.